The van der Waals surface area contributed by atoms with Gasteiger partial charge in [-0.25, -0.2) is 0 Å². The van der Waals surface area contributed by atoms with E-state index in [0.29, 0.717) is 0 Å². The maximum absolute atomic E-state index is 0. The molecule has 1 radical (unpaired) electrons. The van der Waals surface area contributed by atoms with Crippen LogP contribution in [0.15, 0.2) is 0 Å². The van der Waals surface area contributed by atoms with Crippen LogP contribution >= 0.6 is 0 Å². The fraction of sp³-hybridized carbons (Fsp3) is 0. The Morgan fingerprint density at radius 1 is 1.25 bits per heavy atom. The van der Waals surface area contributed by atoms with Gasteiger partial charge in [-0.2, -0.15) is 0 Å². The molecule has 0 aliphatic heterocycles. The van der Waals surface area contributed by atoms with E-state index >= 15 is 0 Å². The quantitative estimate of drug-likeness (QED) is 0.477. The molecule has 0 nitrogen and oxygen atoms in total. The third-order valence-corrected chi connectivity index (χ3v) is 0. The molecule has 4 heteroatoms. The summed E-state index contributed by atoms with van der Waals surface area (Å²) in [5.74, 6) is 0. The first kappa shape index (κ1) is 26.2. The monoisotopic (exact) mass is 267 g/mol. The molecule has 0 rings (SSSR count). The summed E-state index contributed by atoms with van der Waals surface area (Å²) in [5, 5.41) is 0. The Hall–Kier alpha value is 3.42. The molecule has 0 unspecified atom stereocenters. The van der Waals surface area contributed by atoms with Gasteiger partial charge < -0.3 is 2.85 Å². The van der Waals surface area contributed by atoms with Gasteiger partial charge in [0.2, 0.25) is 0 Å². The van der Waals surface area contributed by atoms with Gasteiger partial charge in [0.05, 0.1) is 0 Å². The molecule has 0 aromatic rings. The predicted molar refractivity (Wildman–Crippen MR) is 17.9 cm³/mol. The molecule has 0 saturated heterocycles. The molecular formula is H5AlErMgSc. The topological polar surface area (TPSA) is 0 Å². The van der Waals surface area contributed by atoms with Crippen LogP contribution in [0, 0.1) is 37.3 Å². The van der Waals surface area contributed by atoms with Gasteiger partial charge in [-0.15, -0.1) is 0 Å². The van der Waals surface area contributed by atoms with Gasteiger partial charge in [0.15, 0.2) is 17.4 Å². The van der Waals surface area contributed by atoms with Crippen LogP contribution in [0.25, 0.3) is 0 Å². The van der Waals surface area contributed by atoms with Gasteiger partial charge in [-0.05, 0) is 0 Å². The first-order chi connectivity index (χ1) is 0. The zero-order valence-electron chi connectivity index (χ0n) is 3.57. The van der Waals surface area contributed by atoms with E-state index in [0.717, 1.165) is 0 Å². The molecule has 4 heavy (non-hydrogen) atoms. The van der Waals surface area contributed by atoms with E-state index in [1.54, 1.807) is 0 Å². The Morgan fingerprint density at radius 3 is 1.25 bits per heavy atom. The average molecular weight is 269 g/mol. The second-order valence-corrected chi connectivity index (χ2v) is 0. The molecule has 0 aliphatic carbocycles. The molecule has 0 aromatic carbocycles. The van der Waals surface area contributed by atoms with Gasteiger partial charge in [0.1, 0.15) is 0 Å². The molecular weight excluding hydrogens is 264 g/mol. The zero-order chi connectivity index (χ0) is 0. The number of hydrogen-bond donors (Lipinski definition) is 0. The minimum atomic E-state index is 0. The molecule has 0 aromatic heterocycles. The Labute approximate surface area is 104 Å². The van der Waals surface area contributed by atoms with E-state index in [1.165, 1.54) is 0 Å². The minimum Gasteiger partial charge on any atom is -1.00 e. The summed E-state index contributed by atoms with van der Waals surface area (Å²) in [6.45, 7) is 0. The normalized spacial score (nSPS) is 0. The standard InChI is InChI=1S/Al.Er.Mg.Sc.5H/q;;+2;;;;;2*-1. The van der Waals surface area contributed by atoms with Crippen molar-refractivity contribution >= 4 is 40.4 Å². The fourth-order valence-corrected chi connectivity index (χ4v) is 0. The van der Waals surface area contributed by atoms with Crippen molar-refractivity contribution in [1.82, 2.24) is 0 Å². The van der Waals surface area contributed by atoms with E-state index in [2.05, 4.69) is 0 Å². The van der Waals surface area contributed by atoms with Crippen molar-refractivity contribution in [3.05, 3.63) is 0 Å². The first-order valence-electron chi connectivity index (χ1n) is 0. The van der Waals surface area contributed by atoms with Crippen molar-refractivity contribution in [2.75, 3.05) is 0 Å². The predicted octanol–water partition coefficient (Wildman–Crippen LogP) is -1.34. The smallest absolute Gasteiger partial charge is 1.00 e. The van der Waals surface area contributed by atoms with Crippen LogP contribution in [-0.4, -0.2) is 40.4 Å². The van der Waals surface area contributed by atoms with Crippen LogP contribution < -0.4 is 0 Å². The van der Waals surface area contributed by atoms with E-state index in [1.807, 2.05) is 0 Å². The van der Waals surface area contributed by atoms with Crippen LogP contribution in [0.4, 0.5) is 0 Å². The maximum atomic E-state index is 0. The van der Waals surface area contributed by atoms with E-state index in [9.17, 15) is 0 Å². The van der Waals surface area contributed by atoms with Crippen molar-refractivity contribution in [3.63, 3.8) is 0 Å². The largest absolute Gasteiger partial charge is 2.00 e. The summed E-state index contributed by atoms with van der Waals surface area (Å²) in [6, 6.07) is 0. The average Bonchev–Trinajstić information content (AvgIpc) is 0. The van der Waals surface area contributed by atoms with Crippen molar-refractivity contribution in [2.45, 2.75) is 0 Å². The summed E-state index contributed by atoms with van der Waals surface area (Å²) < 4.78 is 0. The molecule has 0 atom stereocenters. The number of hydrogen-bond acceptors (Lipinski definition) is 0. The molecule has 0 N–H and O–H groups in total. The van der Waals surface area contributed by atoms with Gasteiger partial charge >= 0.3 is 23.1 Å². The van der Waals surface area contributed by atoms with Crippen molar-refractivity contribution < 1.29 is 66.0 Å². The van der Waals surface area contributed by atoms with Crippen LogP contribution in [0.1, 0.15) is 2.85 Å². The Kier molecular flexibility index (Phi) is 105. The third kappa shape index (κ3) is 9.05. The van der Waals surface area contributed by atoms with E-state index < -0.39 is 0 Å². The van der Waals surface area contributed by atoms with Gasteiger partial charge in [0, 0.05) is 63.1 Å². The van der Waals surface area contributed by atoms with Gasteiger partial charge in [-0.1, -0.05) is 0 Å². The summed E-state index contributed by atoms with van der Waals surface area (Å²) in [7, 11) is 0. The van der Waals surface area contributed by atoms with Crippen molar-refractivity contribution in [3.8, 4) is 0 Å². The molecule has 0 aliphatic rings. The molecule has 0 spiro atoms. The fourth-order valence-electron chi connectivity index (χ4n) is 0. The molecule has 0 heterocycles. The minimum absolute atomic E-state index is 0. The van der Waals surface area contributed by atoms with Gasteiger partial charge in [-0.3, -0.25) is 0 Å². The SMILES string of the molecule is [AlH3].[Er].[H-].[H-].[Mg+2].[Sc]. The maximum Gasteiger partial charge on any atom is 2.00 e. The molecule has 25 valence electrons. The van der Waals surface area contributed by atoms with Crippen LogP contribution in [0.5, 0.6) is 0 Å². The molecule has 0 amide bonds. The van der Waals surface area contributed by atoms with E-state index in [-0.39, 0.29) is 106 Å². The molecule has 0 fully saturated rings. The summed E-state index contributed by atoms with van der Waals surface area (Å²) in [4.78, 5) is 0. The van der Waals surface area contributed by atoms with Crippen LogP contribution in [0.3, 0.4) is 0 Å². The summed E-state index contributed by atoms with van der Waals surface area (Å²) >= 11 is 0. The molecule has 0 saturated carbocycles. The van der Waals surface area contributed by atoms with Gasteiger partial charge in [0.25, 0.3) is 0 Å². The van der Waals surface area contributed by atoms with Crippen molar-refractivity contribution in [1.29, 1.82) is 0 Å². The third-order valence-electron chi connectivity index (χ3n) is 0. The van der Waals surface area contributed by atoms with Crippen molar-refractivity contribution in [2.24, 2.45) is 0 Å². The summed E-state index contributed by atoms with van der Waals surface area (Å²) in [5.41, 5.74) is 0. The van der Waals surface area contributed by atoms with Crippen LogP contribution in [-0.2, 0) is 25.8 Å². The Bertz CT molecular complexity index is 13.5. The first-order valence-corrected chi connectivity index (χ1v) is 0. The Morgan fingerprint density at radius 2 is 1.25 bits per heavy atom. The van der Waals surface area contributed by atoms with E-state index in [4.69, 9.17) is 0 Å². The molecule has 0 bridgehead atoms. The zero-order valence-corrected chi connectivity index (χ0v) is 6.64. The number of rotatable bonds is 0. The summed E-state index contributed by atoms with van der Waals surface area (Å²) in [6.07, 6.45) is 0. The second-order valence-electron chi connectivity index (χ2n) is 0. The van der Waals surface area contributed by atoms with Crippen LogP contribution in [0.2, 0.25) is 0 Å². The second kappa shape index (κ2) is 16.1. The Balaban J connectivity index is 0.